The van der Waals surface area contributed by atoms with Crippen molar-refractivity contribution in [2.24, 2.45) is 0 Å². The molecule has 1 aromatic rings. The molecule has 0 aliphatic carbocycles. The van der Waals surface area contributed by atoms with Gasteiger partial charge in [-0.2, -0.15) is 0 Å². The Morgan fingerprint density at radius 3 is 2.11 bits per heavy atom. The minimum absolute atomic E-state index is 0.143. The highest BCUT2D eigenvalue weighted by atomic mass is 16.5. The van der Waals surface area contributed by atoms with E-state index in [0.29, 0.717) is 5.56 Å². The van der Waals surface area contributed by atoms with Crippen LogP contribution in [0.25, 0.3) is 0 Å². The van der Waals surface area contributed by atoms with E-state index in [0.717, 1.165) is 13.2 Å². The molecule has 0 fully saturated rings. The van der Waals surface area contributed by atoms with Crippen LogP contribution in [0.4, 0.5) is 0 Å². The molecule has 0 aromatic heterocycles. The van der Waals surface area contributed by atoms with Crippen molar-refractivity contribution in [3.05, 3.63) is 48.0 Å². The zero-order chi connectivity index (χ0) is 13.7. The van der Waals surface area contributed by atoms with Crippen LogP contribution in [0.3, 0.4) is 0 Å². The van der Waals surface area contributed by atoms with Gasteiger partial charge in [0.25, 0.3) is 5.78 Å². The van der Waals surface area contributed by atoms with Crippen molar-refractivity contribution in [3.63, 3.8) is 0 Å². The van der Waals surface area contributed by atoms with Gasteiger partial charge in [-0.15, -0.1) is 0 Å². The van der Waals surface area contributed by atoms with E-state index in [2.05, 4.69) is 11.3 Å². The van der Waals surface area contributed by atoms with Crippen LogP contribution in [0.2, 0.25) is 0 Å². The quantitative estimate of drug-likeness (QED) is 0.277. The first-order valence-corrected chi connectivity index (χ1v) is 4.99. The Morgan fingerprint density at radius 2 is 1.67 bits per heavy atom. The monoisotopic (exact) mass is 245 g/mol. The first-order valence-electron chi connectivity index (χ1n) is 4.99. The van der Waals surface area contributed by atoms with Gasteiger partial charge < -0.3 is 4.74 Å². The van der Waals surface area contributed by atoms with Gasteiger partial charge >= 0.3 is 5.97 Å². The number of ketones is 2. The maximum Gasteiger partial charge on any atom is 0.379 e. The largest absolute Gasteiger partial charge is 0.463 e. The molecular weight excluding hydrogens is 234 g/mol. The van der Waals surface area contributed by atoms with Crippen molar-refractivity contribution in [1.82, 2.24) is 0 Å². The van der Waals surface area contributed by atoms with Gasteiger partial charge in [0.2, 0.25) is 5.78 Å². The van der Waals surface area contributed by atoms with Crippen LogP contribution >= 0.6 is 0 Å². The number of methoxy groups -OCH3 is 1. The van der Waals surface area contributed by atoms with Crippen LogP contribution in [-0.4, -0.2) is 30.4 Å². The topological polar surface area (TPSA) is 84.3 Å². The van der Waals surface area contributed by atoms with Gasteiger partial charge in [-0.3, -0.25) is 15.0 Å². The summed E-state index contributed by atoms with van der Waals surface area (Å²) in [6.45, 7) is 3.28. The van der Waals surface area contributed by atoms with Crippen LogP contribution in [0.15, 0.2) is 36.9 Å². The molecule has 18 heavy (non-hydrogen) atoms. The van der Waals surface area contributed by atoms with E-state index < -0.39 is 17.5 Å². The Bertz CT molecular complexity index is 528. The highest BCUT2D eigenvalue weighted by Gasteiger charge is 2.17. The summed E-state index contributed by atoms with van der Waals surface area (Å²) in [5.74, 6) is -2.24. The van der Waals surface area contributed by atoms with Gasteiger partial charge in [0, 0.05) is 11.1 Å². The molecule has 0 saturated heterocycles. The molecule has 5 heteroatoms. The average molecular weight is 245 g/mol. The van der Waals surface area contributed by atoms with Gasteiger partial charge in [-0.05, 0) is 6.08 Å². The fourth-order valence-electron chi connectivity index (χ4n) is 1.24. The number of benzene rings is 1. The van der Waals surface area contributed by atoms with Gasteiger partial charge in [-0.1, -0.05) is 30.8 Å². The zero-order valence-corrected chi connectivity index (χ0v) is 9.73. The fourth-order valence-corrected chi connectivity index (χ4v) is 1.24. The Kier molecular flexibility index (Phi) is 4.26. The Hall–Kier alpha value is -2.56. The number of nitrogens with one attached hydrogen (secondary N) is 1. The summed E-state index contributed by atoms with van der Waals surface area (Å²) >= 11 is 0. The third-order valence-corrected chi connectivity index (χ3v) is 2.24. The lowest BCUT2D eigenvalue weighted by molar-refractivity contribution is -0.135. The third-order valence-electron chi connectivity index (χ3n) is 2.24. The molecule has 0 aliphatic rings. The summed E-state index contributed by atoms with van der Waals surface area (Å²) in [5.41, 5.74) is 0.271. The van der Waals surface area contributed by atoms with Crippen molar-refractivity contribution in [1.29, 1.82) is 5.41 Å². The van der Waals surface area contributed by atoms with Gasteiger partial charge in [-0.25, -0.2) is 4.79 Å². The molecule has 1 aromatic carbocycles. The summed E-state index contributed by atoms with van der Waals surface area (Å²) in [7, 11) is 1.12. The highest BCUT2D eigenvalue weighted by Crippen LogP contribution is 2.07. The maximum absolute atomic E-state index is 11.4. The number of ether oxygens (including phenoxy) is 1. The molecule has 0 atom stereocenters. The molecule has 0 unspecified atom stereocenters. The molecule has 1 N–H and O–H groups in total. The lowest BCUT2D eigenvalue weighted by Crippen LogP contribution is -2.16. The van der Waals surface area contributed by atoms with Crippen LogP contribution in [0.5, 0.6) is 0 Å². The Balaban J connectivity index is 2.96. The van der Waals surface area contributed by atoms with Crippen molar-refractivity contribution in [2.45, 2.75) is 0 Å². The zero-order valence-electron chi connectivity index (χ0n) is 9.73. The lowest BCUT2D eigenvalue weighted by Gasteiger charge is -2.02. The van der Waals surface area contributed by atoms with Gasteiger partial charge in [0.15, 0.2) is 0 Å². The number of carbonyl (C=O) groups excluding carboxylic acids is 3. The molecule has 1 rings (SSSR count). The predicted molar refractivity (Wildman–Crippen MR) is 64.8 cm³/mol. The van der Waals surface area contributed by atoms with Crippen molar-refractivity contribution in [3.8, 4) is 0 Å². The second-order valence-corrected chi connectivity index (χ2v) is 3.34. The molecule has 0 radical (unpaired) electrons. The number of rotatable bonds is 5. The van der Waals surface area contributed by atoms with E-state index in [4.69, 9.17) is 5.41 Å². The average Bonchev–Trinajstić information content (AvgIpc) is 2.44. The molecular formula is C13H11NO4. The number of Topliss-reactive ketones (excluding diaryl/α,β-unsaturated/α-hetero) is 1. The van der Waals surface area contributed by atoms with Gasteiger partial charge in [0.1, 0.15) is 5.71 Å². The van der Waals surface area contributed by atoms with Crippen molar-refractivity contribution in [2.75, 3.05) is 7.11 Å². The van der Waals surface area contributed by atoms with E-state index in [9.17, 15) is 14.4 Å². The molecule has 0 bridgehead atoms. The molecule has 0 amide bonds. The summed E-state index contributed by atoms with van der Waals surface area (Å²) < 4.78 is 4.30. The fraction of sp³-hybridized carbons (Fsp3) is 0.0769. The Morgan fingerprint density at radius 1 is 1.17 bits per heavy atom. The van der Waals surface area contributed by atoms with Crippen LogP contribution in [0, 0.1) is 5.41 Å². The predicted octanol–water partition coefficient (Wildman–Crippen LogP) is 1.17. The third kappa shape index (κ3) is 2.76. The lowest BCUT2D eigenvalue weighted by atomic mass is 10.0. The van der Waals surface area contributed by atoms with Crippen LogP contribution < -0.4 is 0 Å². The minimum atomic E-state index is -0.958. The number of allylic oxidation sites excluding steroid dienone is 1. The number of hydrogen-bond donors (Lipinski definition) is 1. The maximum atomic E-state index is 11.4. The number of carbonyl (C=O) groups is 3. The Labute approximate surface area is 104 Å². The molecule has 0 heterocycles. The molecule has 0 spiro atoms. The van der Waals surface area contributed by atoms with Crippen LogP contribution in [0.1, 0.15) is 15.9 Å². The van der Waals surface area contributed by atoms with E-state index in [1.807, 2.05) is 0 Å². The summed E-state index contributed by atoms with van der Waals surface area (Å²) in [5, 5.41) is 7.54. The van der Waals surface area contributed by atoms with Crippen molar-refractivity contribution >= 4 is 23.2 Å². The standard InChI is InChI=1S/C13H11NO4/c1-3-10(15)11(14)8-4-6-9(7-5-8)12(16)13(17)18-2/h3-7,14H,1H2,2H3. The highest BCUT2D eigenvalue weighted by molar-refractivity contribution is 6.48. The number of hydrogen-bond acceptors (Lipinski definition) is 5. The molecule has 5 nitrogen and oxygen atoms in total. The van der Waals surface area contributed by atoms with Crippen LogP contribution in [-0.2, 0) is 14.3 Å². The molecule has 0 aliphatic heterocycles. The summed E-state index contributed by atoms with van der Waals surface area (Å²) in [4.78, 5) is 33.6. The van der Waals surface area contributed by atoms with E-state index in [-0.39, 0.29) is 11.3 Å². The first-order chi connectivity index (χ1) is 8.51. The summed E-state index contributed by atoms with van der Waals surface area (Å²) in [6, 6.07) is 5.55. The summed E-state index contributed by atoms with van der Waals surface area (Å²) in [6.07, 6.45) is 1.04. The first kappa shape index (κ1) is 13.5. The van der Waals surface area contributed by atoms with Gasteiger partial charge in [0.05, 0.1) is 7.11 Å². The second-order valence-electron chi connectivity index (χ2n) is 3.34. The van der Waals surface area contributed by atoms with E-state index in [1.165, 1.54) is 24.3 Å². The normalized spacial score (nSPS) is 9.39. The molecule has 92 valence electrons. The minimum Gasteiger partial charge on any atom is -0.463 e. The SMILES string of the molecule is C=CC(=O)C(=N)c1ccc(C(=O)C(=O)OC)cc1. The molecule has 0 saturated carbocycles. The number of esters is 1. The van der Waals surface area contributed by atoms with E-state index >= 15 is 0 Å². The second kappa shape index (κ2) is 5.67. The van der Waals surface area contributed by atoms with Crippen molar-refractivity contribution < 1.29 is 19.1 Å². The smallest absolute Gasteiger partial charge is 0.379 e. The van der Waals surface area contributed by atoms with E-state index in [1.54, 1.807) is 0 Å².